The number of piperidine rings is 1. The van der Waals surface area contributed by atoms with Crippen LogP contribution in [0.4, 0.5) is 5.69 Å². The number of imidazole rings is 1. The van der Waals surface area contributed by atoms with Gasteiger partial charge >= 0.3 is 0 Å². The van der Waals surface area contributed by atoms with Crippen molar-refractivity contribution in [1.82, 2.24) is 24.2 Å². The minimum Gasteiger partial charge on any atom is -0.367 e. The van der Waals surface area contributed by atoms with Crippen molar-refractivity contribution in [3.05, 3.63) is 61.1 Å². The SMILES string of the molecule is O=S(=O)(c1ccnc2ccccc12)N1CCCC[C@H]1CCN1CCN(c2cccc3[nH]cnc23)CC1. The molecule has 4 heterocycles. The Labute approximate surface area is 212 Å². The molecule has 0 amide bonds. The van der Waals surface area contributed by atoms with Gasteiger partial charge in [-0.25, -0.2) is 13.4 Å². The third kappa shape index (κ3) is 4.36. The molecule has 4 aromatic rings. The largest absolute Gasteiger partial charge is 0.367 e. The Bertz CT molecular complexity index is 1460. The van der Waals surface area contributed by atoms with Crippen LogP contribution in [0.3, 0.4) is 0 Å². The standard InChI is InChI=1S/C27H32N6O2S/c34-36(35,26-11-13-28-23-8-2-1-7-22(23)26)33-14-4-3-6-21(33)12-15-31-16-18-32(19-17-31)25-10-5-9-24-27(25)30-20-29-24/h1-2,5,7-11,13,20-21H,3-4,6,12,14-19H2,(H,29,30)/t21-/m0/s1. The Morgan fingerprint density at radius 1 is 0.917 bits per heavy atom. The van der Waals surface area contributed by atoms with E-state index in [9.17, 15) is 8.42 Å². The lowest BCUT2D eigenvalue weighted by molar-refractivity contribution is 0.193. The first-order valence-electron chi connectivity index (χ1n) is 12.9. The summed E-state index contributed by atoms with van der Waals surface area (Å²) in [4.78, 5) is 17.3. The number of H-pyrrole nitrogens is 1. The first-order valence-corrected chi connectivity index (χ1v) is 14.3. The van der Waals surface area contributed by atoms with Crippen molar-refractivity contribution >= 4 is 37.6 Å². The monoisotopic (exact) mass is 504 g/mol. The number of sulfonamides is 1. The van der Waals surface area contributed by atoms with Gasteiger partial charge in [0.1, 0.15) is 5.52 Å². The van der Waals surface area contributed by atoms with Crippen molar-refractivity contribution in [1.29, 1.82) is 0 Å². The van der Waals surface area contributed by atoms with Gasteiger partial charge in [-0.1, -0.05) is 30.7 Å². The maximum atomic E-state index is 13.8. The number of benzene rings is 2. The number of pyridine rings is 1. The summed E-state index contributed by atoms with van der Waals surface area (Å²) in [5.74, 6) is 0. The maximum absolute atomic E-state index is 13.8. The zero-order chi connectivity index (χ0) is 24.5. The number of nitrogens with zero attached hydrogens (tertiary/aromatic N) is 5. The summed E-state index contributed by atoms with van der Waals surface area (Å²) in [6, 6.07) is 15.5. The van der Waals surface area contributed by atoms with Gasteiger partial charge in [0, 0.05) is 50.3 Å². The van der Waals surface area contributed by atoms with Gasteiger partial charge in [-0.3, -0.25) is 9.88 Å². The lowest BCUT2D eigenvalue weighted by Crippen LogP contribution is -2.49. The van der Waals surface area contributed by atoms with E-state index < -0.39 is 10.0 Å². The van der Waals surface area contributed by atoms with Crippen molar-refractivity contribution in [2.24, 2.45) is 0 Å². The lowest BCUT2D eigenvalue weighted by Gasteiger charge is -2.39. The molecule has 0 bridgehead atoms. The van der Waals surface area contributed by atoms with Crippen molar-refractivity contribution in [3.63, 3.8) is 0 Å². The number of hydrogen-bond acceptors (Lipinski definition) is 6. The molecular formula is C27H32N6O2S. The maximum Gasteiger partial charge on any atom is 0.244 e. The van der Waals surface area contributed by atoms with Gasteiger partial charge in [0.25, 0.3) is 0 Å². The fourth-order valence-corrected chi connectivity index (χ4v) is 7.66. The number of aromatic nitrogens is 3. The average molecular weight is 505 g/mol. The molecule has 0 aliphatic carbocycles. The van der Waals surface area contributed by atoms with E-state index >= 15 is 0 Å². The van der Waals surface area contributed by atoms with Crippen LogP contribution >= 0.6 is 0 Å². The molecule has 8 nitrogen and oxygen atoms in total. The molecule has 1 N–H and O–H groups in total. The summed E-state index contributed by atoms with van der Waals surface area (Å²) in [5, 5.41) is 0.701. The van der Waals surface area contributed by atoms with Gasteiger partial charge in [0.05, 0.1) is 27.9 Å². The second-order valence-electron chi connectivity index (χ2n) is 9.78. The van der Waals surface area contributed by atoms with E-state index in [0.29, 0.717) is 16.8 Å². The van der Waals surface area contributed by atoms with Crippen LogP contribution in [0.25, 0.3) is 21.9 Å². The summed E-state index contributed by atoms with van der Waals surface area (Å²) < 4.78 is 29.4. The average Bonchev–Trinajstić information content (AvgIpc) is 3.41. The highest BCUT2D eigenvalue weighted by Crippen LogP contribution is 2.31. The van der Waals surface area contributed by atoms with E-state index in [2.05, 4.69) is 43.0 Å². The Morgan fingerprint density at radius 2 is 1.78 bits per heavy atom. The minimum absolute atomic E-state index is 0.0338. The molecule has 6 rings (SSSR count). The first kappa shape index (κ1) is 23.4. The highest BCUT2D eigenvalue weighted by molar-refractivity contribution is 7.89. The topological polar surface area (TPSA) is 85.4 Å². The lowest BCUT2D eigenvalue weighted by atomic mass is 10.0. The van der Waals surface area contributed by atoms with Crippen LogP contribution in [-0.2, 0) is 10.0 Å². The number of anilines is 1. The van der Waals surface area contributed by atoms with E-state index in [-0.39, 0.29) is 6.04 Å². The van der Waals surface area contributed by atoms with Crippen LogP contribution in [0.2, 0.25) is 0 Å². The molecule has 0 spiro atoms. The summed E-state index contributed by atoms with van der Waals surface area (Å²) >= 11 is 0. The number of nitrogens with one attached hydrogen (secondary N) is 1. The van der Waals surface area contributed by atoms with Crippen molar-refractivity contribution in [2.45, 2.75) is 36.6 Å². The van der Waals surface area contributed by atoms with Gasteiger partial charge in [0.15, 0.2) is 0 Å². The third-order valence-corrected chi connectivity index (χ3v) is 9.70. The Balaban J connectivity index is 1.13. The van der Waals surface area contributed by atoms with Crippen LogP contribution < -0.4 is 4.90 Å². The molecule has 0 unspecified atom stereocenters. The molecule has 2 aliphatic heterocycles. The molecule has 1 atom stereocenters. The molecule has 36 heavy (non-hydrogen) atoms. The van der Waals surface area contributed by atoms with Crippen molar-refractivity contribution in [3.8, 4) is 0 Å². The van der Waals surface area contributed by atoms with Crippen LogP contribution in [0.5, 0.6) is 0 Å². The molecule has 0 saturated carbocycles. The molecular weight excluding hydrogens is 472 g/mol. The van der Waals surface area contributed by atoms with E-state index in [1.165, 1.54) is 5.69 Å². The normalized spacial score (nSPS) is 20.3. The zero-order valence-electron chi connectivity index (χ0n) is 20.4. The summed E-state index contributed by atoms with van der Waals surface area (Å²) in [5.41, 5.74) is 3.99. The van der Waals surface area contributed by atoms with Gasteiger partial charge in [-0.2, -0.15) is 4.31 Å². The Kier molecular flexibility index (Phi) is 6.37. The van der Waals surface area contributed by atoms with Crippen LogP contribution in [0.1, 0.15) is 25.7 Å². The number of fused-ring (bicyclic) bond motifs is 2. The zero-order valence-corrected chi connectivity index (χ0v) is 21.2. The summed E-state index contributed by atoms with van der Waals surface area (Å²) in [7, 11) is -3.59. The minimum atomic E-state index is -3.59. The Morgan fingerprint density at radius 3 is 2.67 bits per heavy atom. The highest BCUT2D eigenvalue weighted by Gasteiger charge is 2.34. The van der Waals surface area contributed by atoms with Gasteiger partial charge in [0.2, 0.25) is 10.0 Å². The predicted octanol–water partition coefficient (Wildman–Crippen LogP) is 3.87. The van der Waals surface area contributed by atoms with Crippen molar-refractivity contribution < 1.29 is 8.42 Å². The summed E-state index contributed by atoms with van der Waals surface area (Å²) in [6.45, 7) is 5.33. The third-order valence-electron chi connectivity index (χ3n) is 7.69. The number of piperazine rings is 1. The van der Waals surface area contributed by atoms with Gasteiger partial charge in [-0.05, 0) is 50.1 Å². The van der Waals surface area contributed by atoms with E-state index in [0.717, 1.165) is 75.0 Å². The van der Waals surface area contributed by atoms with E-state index in [1.54, 1.807) is 22.9 Å². The molecule has 2 aromatic heterocycles. The fourth-order valence-electron chi connectivity index (χ4n) is 5.75. The molecule has 2 fully saturated rings. The van der Waals surface area contributed by atoms with Crippen LogP contribution in [-0.4, -0.2) is 77.9 Å². The van der Waals surface area contributed by atoms with E-state index in [4.69, 9.17) is 0 Å². The van der Waals surface area contributed by atoms with Crippen molar-refractivity contribution in [2.75, 3.05) is 44.2 Å². The smallest absolute Gasteiger partial charge is 0.244 e. The number of para-hydroxylation sites is 2. The van der Waals surface area contributed by atoms with E-state index in [1.807, 2.05) is 24.3 Å². The first-order chi connectivity index (χ1) is 17.6. The number of aromatic amines is 1. The highest BCUT2D eigenvalue weighted by atomic mass is 32.2. The molecule has 9 heteroatoms. The molecule has 0 radical (unpaired) electrons. The molecule has 2 aromatic carbocycles. The quantitative estimate of drug-likeness (QED) is 0.429. The van der Waals surface area contributed by atoms with Gasteiger partial charge in [-0.15, -0.1) is 0 Å². The number of hydrogen-bond donors (Lipinski definition) is 1. The molecule has 2 aliphatic rings. The fraction of sp³-hybridized carbons (Fsp3) is 0.407. The molecule has 188 valence electrons. The van der Waals surface area contributed by atoms with Crippen LogP contribution in [0, 0.1) is 0 Å². The second kappa shape index (κ2) is 9.80. The predicted molar refractivity (Wildman–Crippen MR) is 143 cm³/mol. The molecule has 2 saturated heterocycles. The summed E-state index contributed by atoms with van der Waals surface area (Å²) in [6.07, 6.45) is 7.13. The van der Waals surface area contributed by atoms with Crippen LogP contribution in [0.15, 0.2) is 66.0 Å². The second-order valence-corrected chi connectivity index (χ2v) is 11.6. The number of rotatable bonds is 6. The van der Waals surface area contributed by atoms with Gasteiger partial charge < -0.3 is 9.88 Å². The Hall–Kier alpha value is -3.01.